The summed E-state index contributed by atoms with van der Waals surface area (Å²) < 4.78 is 29.2. The zero-order valence-corrected chi connectivity index (χ0v) is 19.7. The van der Waals surface area contributed by atoms with Crippen LogP contribution >= 0.6 is 11.6 Å². The zero-order valence-electron chi connectivity index (χ0n) is 18.9. The number of hydrogen-bond donors (Lipinski definition) is 2. The Morgan fingerprint density at radius 1 is 1.32 bits per heavy atom. The van der Waals surface area contributed by atoms with Crippen LogP contribution in [0.5, 0.6) is 0 Å². The number of carbonyl (C=O) groups is 1. The third kappa shape index (κ3) is 5.13. The highest BCUT2D eigenvalue weighted by molar-refractivity contribution is 6.30. The normalized spacial score (nSPS) is 22.6. The highest BCUT2D eigenvalue weighted by Crippen LogP contribution is 2.40. The minimum Gasteiger partial charge on any atom is -0.481 e. The van der Waals surface area contributed by atoms with E-state index in [0.29, 0.717) is 56.1 Å². The van der Waals surface area contributed by atoms with Crippen molar-refractivity contribution >= 4 is 29.2 Å². The number of benzene rings is 1. The number of nitrogens with one attached hydrogen (secondary N) is 1. The van der Waals surface area contributed by atoms with E-state index in [-0.39, 0.29) is 23.2 Å². The molecule has 2 aliphatic heterocycles. The Bertz CT molecular complexity index is 1140. The van der Waals surface area contributed by atoms with Gasteiger partial charge >= 0.3 is 5.97 Å². The van der Waals surface area contributed by atoms with Crippen LogP contribution in [0.15, 0.2) is 47.5 Å². The van der Waals surface area contributed by atoms with Crippen molar-refractivity contribution in [2.45, 2.75) is 45.2 Å². The number of amidine groups is 1. The monoisotopic (exact) mass is 488 g/mol. The number of aliphatic carboxylic acids is 1. The fourth-order valence-electron chi connectivity index (χ4n) is 4.73. The molecule has 6 nitrogen and oxygen atoms in total. The van der Waals surface area contributed by atoms with E-state index in [2.05, 4.69) is 20.2 Å². The van der Waals surface area contributed by atoms with Gasteiger partial charge in [0.05, 0.1) is 22.7 Å². The first kappa shape index (κ1) is 24.3. The number of nitrogens with zero attached hydrogens (tertiary/aromatic N) is 3. The van der Waals surface area contributed by atoms with Gasteiger partial charge in [-0.1, -0.05) is 36.7 Å². The van der Waals surface area contributed by atoms with Crippen molar-refractivity contribution in [3.63, 3.8) is 0 Å². The number of halogens is 3. The third-order valence-electron chi connectivity index (χ3n) is 6.67. The second-order valence-corrected chi connectivity index (χ2v) is 9.25. The Balaban J connectivity index is 1.54. The van der Waals surface area contributed by atoms with Crippen LogP contribution in [0.2, 0.25) is 5.02 Å². The summed E-state index contributed by atoms with van der Waals surface area (Å²) in [5, 5.41) is 13.3. The van der Waals surface area contributed by atoms with E-state index in [1.807, 2.05) is 19.1 Å². The van der Waals surface area contributed by atoms with Crippen molar-refractivity contribution < 1.29 is 18.7 Å². The van der Waals surface area contributed by atoms with Crippen molar-refractivity contribution in [3.8, 4) is 0 Å². The average Bonchev–Trinajstić information content (AvgIpc) is 3.33. The van der Waals surface area contributed by atoms with Crippen LogP contribution in [0.4, 0.5) is 14.6 Å². The summed E-state index contributed by atoms with van der Waals surface area (Å²) in [6.45, 7) is 3.33. The molecular weight excluding hydrogens is 462 g/mol. The molecule has 180 valence electrons. The topological polar surface area (TPSA) is 77.8 Å². The van der Waals surface area contributed by atoms with Crippen molar-refractivity contribution in [2.75, 3.05) is 18.4 Å². The summed E-state index contributed by atoms with van der Waals surface area (Å²) in [5.41, 5.74) is -0.579. The first-order valence-corrected chi connectivity index (χ1v) is 11.7. The Morgan fingerprint density at radius 2 is 2.15 bits per heavy atom. The van der Waals surface area contributed by atoms with Gasteiger partial charge in [0.25, 0.3) is 0 Å². The number of anilines is 1. The molecule has 9 heteroatoms. The van der Waals surface area contributed by atoms with Gasteiger partial charge in [-0.2, -0.15) is 0 Å². The number of aromatic nitrogens is 1. The van der Waals surface area contributed by atoms with E-state index in [0.717, 1.165) is 0 Å². The second-order valence-electron chi connectivity index (χ2n) is 8.84. The van der Waals surface area contributed by atoms with E-state index in [1.165, 1.54) is 18.2 Å². The predicted octanol–water partition coefficient (Wildman–Crippen LogP) is 5.08. The number of rotatable bonds is 7. The van der Waals surface area contributed by atoms with Gasteiger partial charge in [0.15, 0.2) is 0 Å². The molecule has 0 saturated carbocycles. The van der Waals surface area contributed by atoms with Gasteiger partial charge in [0.2, 0.25) is 0 Å². The lowest BCUT2D eigenvalue weighted by Gasteiger charge is -2.44. The van der Waals surface area contributed by atoms with Crippen molar-refractivity contribution in [1.82, 2.24) is 9.88 Å². The molecule has 0 amide bonds. The summed E-state index contributed by atoms with van der Waals surface area (Å²) in [5.74, 6) is -0.908. The molecule has 1 saturated heterocycles. The number of aliphatic imine (C=N–C) groups is 1. The molecule has 2 aliphatic rings. The standard InChI is InChI=1S/C25H27ClF2N4O2/c1-2-17-13-25(24(33)34,10-12-32(17)15-16-5-3-6-18(26)23(16)28)14-20-19(27)8-9-22(30-20)31-21-7-4-11-29-21/h3-9,17H,2,10-15H2,1H3,(H,33,34)(H,29,30,31). The summed E-state index contributed by atoms with van der Waals surface area (Å²) in [7, 11) is 0. The maximum absolute atomic E-state index is 14.7. The van der Waals surface area contributed by atoms with Gasteiger partial charge in [-0.15, -0.1) is 0 Å². The Morgan fingerprint density at radius 3 is 2.85 bits per heavy atom. The molecule has 3 heterocycles. The SMILES string of the molecule is CCC1CC(Cc2nc(NC3=NCC=C3)ccc2F)(C(=O)O)CCN1Cc1cccc(Cl)c1F. The lowest BCUT2D eigenvalue weighted by Crippen LogP contribution is -2.50. The smallest absolute Gasteiger partial charge is 0.310 e. The molecule has 0 radical (unpaired) electrons. The van der Waals surface area contributed by atoms with E-state index in [1.54, 1.807) is 12.1 Å². The molecule has 2 aromatic rings. The summed E-state index contributed by atoms with van der Waals surface area (Å²) in [6, 6.07) is 7.60. The van der Waals surface area contributed by atoms with Gasteiger partial charge < -0.3 is 10.4 Å². The third-order valence-corrected chi connectivity index (χ3v) is 6.97. The molecule has 1 fully saturated rings. The Hall–Kier alpha value is -2.84. The van der Waals surface area contributed by atoms with Gasteiger partial charge in [-0.25, -0.2) is 13.8 Å². The molecule has 4 rings (SSSR count). The van der Waals surface area contributed by atoms with Crippen molar-refractivity contribution in [2.24, 2.45) is 10.4 Å². The van der Waals surface area contributed by atoms with Gasteiger partial charge in [-0.3, -0.25) is 14.7 Å². The summed E-state index contributed by atoms with van der Waals surface area (Å²) in [4.78, 5) is 23.2. The van der Waals surface area contributed by atoms with E-state index in [9.17, 15) is 18.7 Å². The lowest BCUT2D eigenvalue weighted by molar-refractivity contribution is -0.154. The first-order valence-electron chi connectivity index (χ1n) is 11.3. The first-order chi connectivity index (χ1) is 16.3. The molecule has 34 heavy (non-hydrogen) atoms. The van der Waals surface area contributed by atoms with E-state index in [4.69, 9.17) is 11.6 Å². The van der Waals surface area contributed by atoms with Crippen LogP contribution in [0, 0.1) is 17.0 Å². The number of likely N-dealkylation sites (tertiary alicyclic amines) is 1. The molecule has 1 aromatic heterocycles. The van der Waals surface area contributed by atoms with Crippen LogP contribution in [-0.4, -0.2) is 45.9 Å². The maximum atomic E-state index is 14.7. The van der Waals surface area contributed by atoms with Crippen LogP contribution in [0.25, 0.3) is 0 Å². The highest BCUT2D eigenvalue weighted by atomic mass is 35.5. The lowest BCUT2D eigenvalue weighted by atomic mass is 9.71. The maximum Gasteiger partial charge on any atom is 0.310 e. The molecule has 2 unspecified atom stereocenters. The summed E-state index contributed by atoms with van der Waals surface area (Å²) >= 11 is 5.93. The van der Waals surface area contributed by atoms with E-state index >= 15 is 0 Å². The van der Waals surface area contributed by atoms with Crippen molar-refractivity contribution in [3.05, 3.63) is 70.4 Å². The minimum absolute atomic E-state index is 0.0259. The Kier molecular flexibility index (Phi) is 7.28. The number of carboxylic acid groups (broad SMARTS) is 1. The molecule has 2 atom stereocenters. The van der Waals surface area contributed by atoms with Crippen molar-refractivity contribution in [1.29, 1.82) is 0 Å². The fourth-order valence-corrected chi connectivity index (χ4v) is 4.93. The number of hydrogen-bond acceptors (Lipinski definition) is 5. The van der Waals surface area contributed by atoms with Gasteiger partial charge in [0, 0.05) is 24.6 Å². The largest absolute Gasteiger partial charge is 0.481 e. The number of carboxylic acids is 1. The fraction of sp³-hybridized carbons (Fsp3) is 0.400. The molecule has 2 N–H and O–H groups in total. The van der Waals surface area contributed by atoms with Crippen LogP contribution in [0.1, 0.15) is 37.4 Å². The Labute approximate surface area is 202 Å². The van der Waals surface area contributed by atoms with Gasteiger partial charge in [0.1, 0.15) is 23.3 Å². The molecule has 0 spiro atoms. The molecular formula is C25H27ClF2N4O2. The van der Waals surface area contributed by atoms with Crippen LogP contribution < -0.4 is 5.32 Å². The predicted molar refractivity (Wildman–Crippen MR) is 128 cm³/mol. The number of piperidine rings is 1. The highest BCUT2D eigenvalue weighted by Gasteiger charge is 2.46. The van der Waals surface area contributed by atoms with Gasteiger partial charge in [-0.05, 0) is 50.1 Å². The zero-order chi connectivity index (χ0) is 24.3. The average molecular weight is 489 g/mol. The minimum atomic E-state index is -1.17. The van der Waals surface area contributed by atoms with E-state index < -0.39 is 23.0 Å². The molecule has 1 aromatic carbocycles. The second kappa shape index (κ2) is 10.2. The quantitative estimate of drug-likeness (QED) is 0.568. The molecule has 0 aliphatic carbocycles. The van der Waals surface area contributed by atoms with Crippen LogP contribution in [-0.2, 0) is 17.8 Å². The van der Waals surface area contributed by atoms with Crippen LogP contribution in [0.3, 0.4) is 0 Å². The number of pyridine rings is 1. The summed E-state index contributed by atoms with van der Waals surface area (Å²) in [6.07, 6.45) is 4.97. The molecule has 0 bridgehead atoms.